The summed E-state index contributed by atoms with van der Waals surface area (Å²) >= 11 is 5.83. The number of aryl methyl sites for hydroxylation is 1. The number of benzene rings is 1. The Bertz CT molecular complexity index is 595. The molecular weight excluding hydrogens is 326 g/mol. The van der Waals surface area contributed by atoms with Crippen LogP contribution in [0.2, 0.25) is 5.02 Å². The van der Waals surface area contributed by atoms with Gasteiger partial charge in [-0.05, 0) is 24.6 Å². The zero-order valence-electron chi connectivity index (χ0n) is 11.7. The van der Waals surface area contributed by atoms with E-state index in [0.717, 1.165) is 6.07 Å². The van der Waals surface area contributed by atoms with E-state index in [4.69, 9.17) is 11.6 Å². The van der Waals surface area contributed by atoms with Crippen LogP contribution in [0.25, 0.3) is 0 Å². The van der Waals surface area contributed by atoms with Gasteiger partial charge in [-0.15, -0.1) is 0 Å². The monoisotopic (exact) mass is 339 g/mol. The van der Waals surface area contributed by atoms with Crippen LogP contribution in [0.4, 0.5) is 17.6 Å². The molecule has 22 heavy (non-hydrogen) atoms. The predicted molar refractivity (Wildman–Crippen MR) is 72.3 cm³/mol. The summed E-state index contributed by atoms with van der Waals surface area (Å²) in [4.78, 5) is 13.5. The van der Waals surface area contributed by atoms with E-state index >= 15 is 0 Å². The largest absolute Gasteiger partial charge is 0.417 e. The quantitative estimate of drug-likeness (QED) is 0.797. The van der Waals surface area contributed by atoms with Gasteiger partial charge in [0.25, 0.3) is 5.91 Å². The van der Waals surface area contributed by atoms with E-state index in [1.807, 2.05) is 0 Å². The fourth-order valence-electron chi connectivity index (χ4n) is 2.35. The molecule has 1 N–H and O–H groups in total. The van der Waals surface area contributed by atoms with Gasteiger partial charge in [0.2, 0.25) is 0 Å². The van der Waals surface area contributed by atoms with Crippen LogP contribution in [0.5, 0.6) is 0 Å². The molecule has 0 radical (unpaired) electrons. The highest BCUT2D eigenvalue weighted by atomic mass is 35.5. The molecule has 0 saturated carbocycles. The van der Waals surface area contributed by atoms with Crippen LogP contribution >= 0.6 is 11.6 Å². The molecule has 122 valence electrons. The molecule has 8 heteroatoms. The highest BCUT2D eigenvalue weighted by molar-refractivity contribution is 6.33. The third-order valence-electron chi connectivity index (χ3n) is 3.88. The number of rotatable bonds is 1. The first-order chi connectivity index (χ1) is 10.0. The molecule has 0 atom stereocenters. The molecule has 0 bridgehead atoms. The van der Waals surface area contributed by atoms with Crippen molar-refractivity contribution in [2.24, 2.45) is 0 Å². The van der Waals surface area contributed by atoms with Crippen LogP contribution in [0.15, 0.2) is 12.1 Å². The Hall–Kier alpha value is -1.34. The van der Waals surface area contributed by atoms with E-state index in [-0.39, 0.29) is 29.2 Å². The lowest BCUT2D eigenvalue weighted by Gasteiger charge is -2.39. The van der Waals surface area contributed by atoms with Gasteiger partial charge < -0.3 is 10.0 Å². The van der Waals surface area contributed by atoms with Crippen molar-refractivity contribution in [2.75, 3.05) is 13.1 Å². The number of carbonyl (C=O) groups is 1. The molecule has 2 rings (SSSR count). The van der Waals surface area contributed by atoms with Crippen LogP contribution < -0.4 is 0 Å². The summed E-state index contributed by atoms with van der Waals surface area (Å²) in [6.07, 6.45) is -5.92. The third-order valence-corrected chi connectivity index (χ3v) is 4.20. The number of nitrogens with zero attached hydrogens (tertiary/aromatic N) is 1. The van der Waals surface area contributed by atoms with Crippen molar-refractivity contribution in [2.45, 2.75) is 31.5 Å². The van der Waals surface area contributed by atoms with E-state index < -0.39 is 36.3 Å². The molecule has 1 aromatic rings. The highest BCUT2D eigenvalue weighted by Crippen LogP contribution is 2.38. The second kappa shape index (κ2) is 5.70. The molecule has 0 unspecified atom stereocenters. The lowest BCUT2D eigenvalue weighted by molar-refractivity contribution is -0.271. The minimum atomic E-state index is -4.73. The van der Waals surface area contributed by atoms with Crippen molar-refractivity contribution in [3.8, 4) is 0 Å². The number of amides is 1. The first kappa shape index (κ1) is 17.0. The average molecular weight is 340 g/mol. The molecule has 1 aromatic carbocycles. The zero-order chi connectivity index (χ0) is 16.7. The van der Waals surface area contributed by atoms with E-state index in [1.165, 1.54) is 17.9 Å². The van der Waals surface area contributed by atoms with Crippen molar-refractivity contribution < 1.29 is 27.5 Å². The molecule has 1 heterocycles. The van der Waals surface area contributed by atoms with Gasteiger partial charge in [0.05, 0.1) is 10.6 Å². The van der Waals surface area contributed by atoms with Crippen LogP contribution in [-0.4, -0.2) is 40.8 Å². The molecule has 0 spiro atoms. The average Bonchev–Trinajstić information content (AvgIpc) is 2.42. The number of likely N-dealkylation sites (tertiary alicyclic amines) is 1. The van der Waals surface area contributed by atoms with Gasteiger partial charge in [-0.25, -0.2) is 4.39 Å². The predicted octanol–water partition coefficient (Wildman–Crippen LogP) is 3.32. The topological polar surface area (TPSA) is 40.5 Å². The Balaban J connectivity index is 2.15. The van der Waals surface area contributed by atoms with Crippen molar-refractivity contribution in [3.05, 3.63) is 34.1 Å². The minimum absolute atomic E-state index is 0.0398. The number of hydrogen-bond donors (Lipinski definition) is 1. The summed E-state index contributed by atoms with van der Waals surface area (Å²) in [6.45, 7) is 0.963. The van der Waals surface area contributed by atoms with Gasteiger partial charge in [-0.2, -0.15) is 13.2 Å². The molecule has 0 aromatic heterocycles. The fourth-order valence-corrected chi connectivity index (χ4v) is 2.59. The molecule has 1 aliphatic rings. The summed E-state index contributed by atoms with van der Waals surface area (Å²) in [5, 5.41) is 9.48. The molecule has 1 saturated heterocycles. The zero-order valence-corrected chi connectivity index (χ0v) is 12.4. The molecule has 0 aliphatic carbocycles. The molecular formula is C14H14ClF4NO2. The van der Waals surface area contributed by atoms with Crippen molar-refractivity contribution in [1.82, 2.24) is 4.90 Å². The number of alkyl halides is 3. The van der Waals surface area contributed by atoms with Crippen LogP contribution in [-0.2, 0) is 0 Å². The van der Waals surface area contributed by atoms with E-state index in [1.54, 1.807) is 0 Å². The maximum absolute atomic E-state index is 13.3. The van der Waals surface area contributed by atoms with E-state index in [2.05, 4.69) is 0 Å². The standard InChI is InChI=1S/C14H14ClF4NO2/c1-8-6-9(10(15)7-11(8)16)12(21)20-4-2-13(22,3-5-20)14(17,18)19/h6-7,22H,2-5H2,1H3. The summed E-state index contributed by atoms with van der Waals surface area (Å²) in [5.74, 6) is -1.14. The second-order valence-electron chi connectivity index (χ2n) is 5.40. The lowest BCUT2D eigenvalue weighted by Crippen LogP contribution is -2.54. The van der Waals surface area contributed by atoms with Crippen LogP contribution in [0.3, 0.4) is 0 Å². The van der Waals surface area contributed by atoms with Gasteiger partial charge >= 0.3 is 6.18 Å². The summed E-state index contributed by atoms with van der Waals surface area (Å²) < 4.78 is 51.5. The number of hydrogen-bond acceptors (Lipinski definition) is 2. The molecule has 1 aliphatic heterocycles. The van der Waals surface area contributed by atoms with Crippen LogP contribution in [0, 0.1) is 12.7 Å². The molecule has 3 nitrogen and oxygen atoms in total. The van der Waals surface area contributed by atoms with Gasteiger partial charge in [-0.3, -0.25) is 4.79 Å². The van der Waals surface area contributed by atoms with Gasteiger partial charge in [-0.1, -0.05) is 11.6 Å². The summed E-state index contributed by atoms with van der Waals surface area (Å²) in [5.41, 5.74) is -2.51. The Kier molecular flexibility index (Phi) is 4.41. The minimum Gasteiger partial charge on any atom is -0.380 e. The first-order valence-electron chi connectivity index (χ1n) is 6.59. The van der Waals surface area contributed by atoms with Crippen LogP contribution in [0.1, 0.15) is 28.8 Å². The SMILES string of the molecule is Cc1cc(C(=O)N2CCC(O)(C(F)(F)F)CC2)c(Cl)cc1F. The summed E-state index contributed by atoms with van der Waals surface area (Å²) in [6, 6.07) is 2.27. The maximum Gasteiger partial charge on any atom is 0.417 e. The van der Waals surface area contributed by atoms with E-state index in [0.29, 0.717) is 0 Å². The smallest absolute Gasteiger partial charge is 0.380 e. The fraction of sp³-hybridized carbons (Fsp3) is 0.500. The Morgan fingerprint density at radius 1 is 1.32 bits per heavy atom. The Morgan fingerprint density at radius 2 is 1.86 bits per heavy atom. The number of aliphatic hydroxyl groups is 1. The van der Waals surface area contributed by atoms with Crippen molar-refractivity contribution in [3.63, 3.8) is 0 Å². The van der Waals surface area contributed by atoms with Gasteiger partial charge in [0.15, 0.2) is 5.60 Å². The maximum atomic E-state index is 13.3. The lowest BCUT2D eigenvalue weighted by atomic mass is 9.90. The number of halogens is 5. The normalized spacial score (nSPS) is 18.4. The molecule has 1 amide bonds. The highest BCUT2D eigenvalue weighted by Gasteiger charge is 2.54. The second-order valence-corrected chi connectivity index (χ2v) is 5.81. The van der Waals surface area contributed by atoms with E-state index in [9.17, 15) is 27.5 Å². The van der Waals surface area contributed by atoms with Crippen molar-refractivity contribution in [1.29, 1.82) is 0 Å². The first-order valence-corrected chi connectivity index (χ1v) is 6.97. The molecule has 1 fully saturated rings. The number of piperidine rings is 1. The Morgan fingerprint density at radius 3 is 2.36 bits per heavy atom. The van der Waals surface area contributed by atoms with Crippen molar-refractivity contribution >= 4 is 17.5 Å². The third kappa shape index (κ3) is 3.05. The number of carbonyl (C=O) groups excluding carboxylic acids is 1. The summed E-state index contributed by atoms with van der Waals surface area (Å²) in [7, 11) is 0. The van der Waals surface area contributed by atoms with Gasteiger partial charge in [0, 0.05) is 25.9 Å². The Labute approximate surface area is 129 Å². The van der Waals surface area contributed by atoms with Gasteiger partial charge in [0.1, 0.15) is 5.82 Å².